The molecule has 0 heterocycles. The Morgan fingerprint density at radius 1 is 1.17 bits per heavy atom. The van der Waals surface area contributed by atoms with Crippen LogP contribution in [0, 0.1) is 0 Å². The highest BCUT2D eigenvalue weighted by atomic mass is 35.5. The van der Waals surface area contributed by atoms with E-state index in [4.69, 9.17) is 27.9 Å². The number of benzene rings is 2. The van der Waals surface area contributed by atoms with Crippen molar-refractivity contribution in [2.75, 3.05) is 27.7 Å². The molecule has 1 amide bonds. The Labute approximate surface area is 152 Å². The number of carbonyl (C=O) groups is 1. The SMILES string of the molecule is COc1c(Cl)cc(C(=O)NC[C@H](c2ccccc2)N(C)C)cc1Cl. The third kappa shape index (κ3) is 4.41. The summed E-state index contributed by atoms with van der Waals surface area (Å²) < 4.78 is 5.10. The van der Waals surface area contributed by atoms with E-state index in [0.29, 0.717) is 27.9 Å². The highest BCUT2D eigenvalue weighted by molar-refractivity contribution is 6.37. The van der Waals surface area contributed by atoms with E-state index in [9.17, 15) is 4.79 Å². The lowest BCUT2D eigenvalue weighted by molar-refractivity contribution is 0.0942. The van der Waals surface area contributed by atoms with Crippen molar-refractivity contribution in [2.24, 2.45) is 0 Å². The van der Waals surface area contributed by atoms with E-state index < -0.39 is 0 Å². The molecule has 2 aromatic rings. The zero-order chi connectivity index (χ0) is 17.7. The molecule has 1 N–H and O–H groups in total. The average molecular weight is 367 g/mol. The van der Waals surface area contributed by atoms with Crippen LogP contribution in [0.1, 0.15) is 22.0 Å². The maximum Gasteiger partial charge on any atom is 0.251 e. The first-order valence-electron chi connectivity index (χ1n) is 7.46. The van der Waals surface area contributed by atoms with E-state index in [2.05, 4.69) is 10.2 Å². The predicted molar refractivity (Wildman–Crippen MR) is 98.2 cm³/mol. The first-order chi connectivity index (χ1) is 11.4. The van der Waals surface area contributed by atoms with Gasteiger partial charge in [0.05, 0.1) is 23.2 Å². The van der Waals surface area contributed by atoms with Gasteiger partial charge >= 0.3 is 0 Å². The van der Waals surface area contributed by atoms with Crippen molar-refractivity contribution in [3.8, 4) is 5.75 Å². The maximum atomic E-state index is 12.4. The van der Waals surface area contributed by atoms with Crippen molar-refractivity contribution in [1.29, 1.82) is 0 Å². The summed E-state index contributed by atoms with van der Waals surface area (Å²) in [7, 11) is 5.43. The number of amides is 1. The van der Waals surface area contributed by atoms with Crippen LogP contribution in [0.25, 0.3) is 0 Å². The van der Waals surface area contributed by atoms with E-state index in [-0.39, 0.29) is 11.9 Å². The van der Waals surface area contributed by atoms with Gasteiger partial charge in [-0.1, -0.05) is 53.5 Å². The summed E-state index contributed by atoms with van der Waals surface area (Å²) in [6.45, 7) is 0.469. The van der Waals surface area contributed by atoms with Gasteiger partial charge in [-0.05, 0) is 31.8 Å². The molecular weight excluding hydrogens is 347 g/mol. The lowest BCUT2D eigenvalue weighted by atomic mass is 10.1. The van der Waals surface area contributed by atoms with Crippen molar-refractivity contribution < 1.29 is 9.53 Å². The van der Waals surface area contributed by atoms with Gasteiger partial charge in [0.2, 0.25) is 0 Å². The normalized spacial score (nSPS) is 12.1. The van der Waals surface area contributed by atoms with Crippen molar-refractivity contribution in [3.05, 3.63) is 63.6 Å². The lowest BCUT2D eigenvalue weighted by Crippen LogP contribution is -2.34. The fraction of sp³-hybridized carbons (Fsp3) is 0.278. The van der Waals surface area contributed by atoms with Crippen molar-refractivity contribution in [1.82, 2.24) is 10.2 Å². The van der Waals surface area contributed by atoms with Crippen LogP contribution in [0.2, 0.25) is 10.0 Å². The highest BCUT2D eigenvalue weighted by Gasteiger charge is 2.17. The van der Waals surface area contributed by atoms with Gasteiger partial charge in [0.1, 0.15) is 0 Å². The van der Waals surface area contributed by atoms with Gasteiger partial charge in [0, 0.05) is 12.1 Å². The molecule has 128 valence electrons. The molecule has 0 spiro atoms. The molecule has 4 nitrogen and oxygen atoms in total. The second kappa shape index (κ2) is 8.38. The Balaban J connectivity index is 2.12. The third-order valence-electron chi connectivity index (χ3n) is 3.73. The van der Waals surface area contributed by atoms with Gasteiger partial charge < -0.3 is 15.0 Å². The number of nitrogens with one attached hydrogen (secondary N) is 1. The molecule has 2 aromatic carbocycles. The van der Waals surface area contributed by atoms with E-state index in [1.54, 1.807) is 12.1 Å². The van der Waals surface area contributed by atoms with Crippen LogP contribution in [-0.4, -0.2) is 38.6 Å². The van der Waals surface area contributed by atoms with Crippen LogP contribution in [0.4, 0.5) is 0 Å². The number of hydrogen-bond acceptors (Lipinski definition) is 3. The van der Waals surface area contributed by atoms with Gasteiger partial charge in [0.25, 0.3) is 5.91 Å². The molecule has 2 rings (SSSR count). The Morgan fingerprint density at radius 2 is 1.75 bits per heavy atom. The molecule has 0 bridgehead atoms. The standard InChI is InChI=1S/C18H20Cl2N2O2/c1-22(2)16(12-7-5-4-6-8-12)11-21-18(23)13-9-14(19)17(24-3)15(20)10-13/h4-10,16H,11H2,1-3H3,(H,21,23)/t16-/m1/s1. The first-order valence-corrected chi connectivity index (χ1v) is 8.22. The Kier molecular flexibility index (Phi) is 6.49. The molecule has 0 aromatic heterocycles. The average Bonchev–Trinajstić information content (AvgIpc) is 2.55. The summed E-state index contributed by atoms with van der Waals surface area (Å²) in [6.07, 6.45) is 0. The zero-order valence-electron chi connectivity index (χ0n) is 13.8. The number of likely N-dealkylation sites (N-methyl/N-ethyl adjacent to an activating group) is 1. The van der Waals surface area contributed by atoms with Crippen LogP contribution in [0.5, 0.6) is 5.75 Å². The minimum absolute atomic E-state index is 0.0688. The molecule has 0 radical (unpaired) electrons. The Bertz CT molecular complexity index is 682. The smallest absolute Gasteiger partial charge is 0.251 e. The molecule has 0 fully saturated rings. The second-order valence-corrected chi connectivity index (χ2v) is 6.39. The van der Waals surface area contributed by atoms with Gasteiger partial charge in [0.15, 0.2) is 5.75 Å². The molecule has 6 heteroatoms. The van der Waals surface area contributed by atoms with E-state index in [1.165, 1.54) is 7.11 Å². The number of methoxy groups -OCH3 is 1. The minimum atomic E-state index is -0.232. The maximum absolute atomic E-state index is 12.4. The van der Waals surface area contributed by atoms with Crippen molar-refractivity contribution in [3.63, 3.8) is 0 Å². The van der Waals surface area contributed by atoms with Crippen LogP contribution in [-0.2, 0) is 0 Å². The monoisotopic (exact) mass is 366 g/mol. The molecule has 0 unspecified atom stereocenters. The largest absolute Gasteiger partial charge is 0.494 e. The van der Waals surface area contributed by atoms with Crippen molar-refractivity contribution in [2.45, 2.75) is 6.04 Å². The topological polar surface area (TPSA) is 41.6 Å². The molecule has 0 saturated heterocycles. The quantitative estimate of drug-likeness (QED) is 0.838. The molecule has 0 aliphatic heterocycles. The number of halogens is 2. The Hall–Kier alpha value is -1.75. The molecule has 1 atom stereocenters. The van der Waals surface area contributed by atoms with Crippen LogP contribution < -0.4 is 10.1 Å². The fourth-order valence-corrected chi connectivity index (χ4v) is 3.09. The van der Waals surface area contributed by atoms with Crippen LogP contribution in [0.3, 0.4) is 0 Å². The van der Waals surface area contributed by atoms with Crippen LogP contribution >= 0.6 is 23.2 Å². The number of ether oxygens (including phenoxy) is 1. The summed E-state index contributed by atoms with van der Waals surface area (Å²) in [5.41, 5.74) is 1.53. The summed E-state index contributed by atoms with van der Waals surface area (Å²) >= 11 is 12.2. The Morgan fingerprint density at radius 3 is 2.25 bits per heavy atom. The van der Waals surface area contributed by atoms with Gasteiger partial charge in [-0.15, -0.1) is 0 Å². The van der Waals surface area contributed by atoms with E-state index >= 15 is 0 Å². The summed E-state index contributed by atoms with van der Waals surface area (Å²) in [6, 6.07) is 13.2. The molecule has 0 aliphatic carbocycles. The van der Waals surface area contributed by atoms with Gasteiger partial charge in [-0.2, -0.15) is 0 Å². The lowest BCUT2D eigenvalue weighted by Gasteiger charge is -2.25. The zero-order valence-corrected chi connectivity index (χ0v) is 15.4. The summed E-state index contributed by atoms with van der Waals surface area (Å²) in [4.78, 5) is 14.5. The molecule has 0 aliphatic rings. The number of nitrogens with zero attached hydrogens (tertiary/aromatic N) is 1. The summed E-state index contributed by atoms with van der Waals surface area (Å²) in [5, 5.41) is 3.55. The second-order valence-electron chi connectivity index (χ2n) is 5.57. The van der Waals surface area contributed by atoms with Gasteiger partial charge in [-0.25, -0.2) is 0 Å². The third-order valence-corrected chi connectivity index (χ3v) is 4.29. The predicted octanol–water partition coefficient (Wildman–Crippen LogP) is 4.03. The molecular formula is C18H20Cl2N2O2. The number of hydrogen-bond donors (Lipinski definition) is 1. The molecule has 0 saturated carbocycles. The first kappa shape index (κ1) is 18.6. The highest BCUT2D eigenvalue weighted by Crippen LogP contribution is 2.33. The molecule has 24 heavy (non-hydrogen) atoms. The van der Waals surface area contributed by atoms with Gasteiger partial charge in [-0.3, -0.25) is 4.79 Å². The summed E-state index contributed by atoms with van der Waals surface area (Å²) in [5.74, 6) is 0.134. The number of carbonyl (C=O) groups excluding carboxylic acids is 1. The van der Waals surface area contributed by atoms with E-state index in [0.717, 1.165) is 5.56 Å². The fourth-order valence-electron chi connectivity index (χ4n) is 2.45. The van der Waals surface area contributed by atoms with Crippen molar-refractivity contribution >= 4 is 29.1 Å². The number of rotatable bonds is 6. The van der Waals surface area contributed by atoms with E-state index in [1.807, 2.05) is 44.4 Å². The van der Waals surface area contributed by atoms with Crippen LogP contribution in [0.15, 0.2) is 42.5 Å². The minimum Gasteiger partial charge on any atom is -0.494 e.